The number of carbonyl (C=O) groups excluding carboxylic acids is 2. The number of benzene rings is 1. The highest BCUT2D eigenvalue weighted by Crippen LogP contribution is 2.34. The third kappa shape index (κ3) is 5.59. The number of hydrogen-bond acceptors (Lipinski definition) is 8. The Kier molecular flexibility index (Phi) is 7.18. The topological polar surface area (TPSA) is 119 Å². The van der Waals surface area contributed by atoms with Crippen LogP contribution in [0.2, 0.25) is 0 Å². The number of alkyl halides is 3. The van der Waals surface area contributed by atoms with Crippen LogP contribution in [-0.2, 0) is 29.3 Å². The van der Waals surface area contributed by atoms with Crippen LogP contribution in [0.15, 0.2) is 55.0 Å². The van der Waals surface area contributed by atoms with Crippen molar-refractivity contribution in [1.29, 1.82) is 0 Å². The van der Waals surface area contributed by atoms with Gasteiger partial charge in [0.15, 0.2) is 11.3 Å². The number of aryl methyl sites for hydroxylation is 1. The number of ether oxygens (including phenoxy) is 2. The molecule has 15 heteroatoms. The van der Waals surface area contributed by atoms with Crippen LogP contribution in [0.1, 0.15) is 21.6 Å². The molecular formula is C27H27F3N8O4. The molecule has 2 atom stereocenters. The maximum absolute atomic E-state index is 13.4. The smallest absolute Gasteiger partial charge is 0.437 e. The van der Waals surface area contributed by atoms with Crippen LogP contribution in [0.5, 0.6) is 0 Å². The normalized spacial score (nSPS) is 19.0. The van der Waals surface area contributed by atoms with Gasteiger partial charge in [-0.25, -0.2) is 14.3 Å². The monoisotopic (exact) mass is 584 g/mol. The van der Waals surface area contributed by atoms with Crippen LogP contribution in [0, 0.1) is 5.92 Å². The average Bonchev–Trinajstić information content (AvgIpc) is 3.42. The van der Waals surface area contributed by atoms with Gasteiger partial charge >= 0.3 is 12.3 Å². The lowest BCUT2D eigenvalue weighted by Crippen LogP contribution is -2.46. The van der Waals surface area contributed by atoms with Crippen molar-refractivity contribution in [3.05, 3.63) is 71.8 Å². The Morgan fingerprint density at radius 1 is 1.12 bits per heavy atom. The van der Waals surface area contributed by atoms with Crippen molar-refractivity contribution in [3.63, 3.8) is 0 Å². The molecule has 12 nitrogen and oxygen atoms in total. The molecule has 0 spiro atoms. The summed E-state index contributed by atoms with van der Waals surface area (Å²) in [5.41, 5.74) is -0.618. The highest BCUT2D eigenvalue weighted by Gasteiger charge is 2.39. The van der Waals surface area contributed by atoms with Gasteiger partial charge in [-0.1, -0.05) is 30.3 Å². The van der Waals surface area contributed by atoms with Gasteiger partial charge < -0.3 is 24.6 Å². The van der Waals surface area contributed by atoms with E-state index in [4.69, 9.17) is 9.47 Å². The van der Waals surface area contributed by atoms with Crippen LogP contribution >= 0.6 is 0 Å². The Bertz CT molecular complexity index is 1610. The van der Waals surface area contributed by atoms with E-state index in [0.717, 1.165) is 16.4 Å². The van der Waals surface area contributed by atoms with Gasteiger partial charge in [0, 0.05) is 45.0 Å². The minimum absolute atomic E-state index is 0.00557. The Labute approximate surface area is 237 Å². The number of rotatable bonds is 5. The van der Waals surface area contributed by atoms with E-state index < -0.39 is 29.6 Å². The molecule has 4 aromatic rings. The lowest BCUT2D eigenvalue weighted by molar-refractivity contribution is -0.140. The molecule has 5 heterocycles. The van der Waals surface area contributed by atoms with E-state index in [0.29, 0.717) is 38.7 Å². The molecule has 1 aromatic carbocycles. The predicted molar refractivity (Wildman–Crippen MR) is 143 cm³/mol. The van der Waals surface area contributed by atoms with E-state index >= 15 is 0 Å². The molecule has 1 N–H and O–H groups in total. The molecule has 2 amide bonds. The molecule has 6 rings (SSSR count). The molecule has 2 aliphatic rings. The molecule has 0 saturated carbocycles. The van der Waals surface area contributed by atoms with Gasteiger partial charge in [-0.3, -0.25) is 9.48 Å². The predicted octanol–water partition coefficient (Wildman–Crippen LogP) is 3.21. The number of anilines is 2. The number of aromatic nitrogens is 5. The molecule has 0 aliphatic carbocycles. The fraction of sp³-hybridized carbons (Fsp3) is 0.370. The van der Waals surface area contributed by atoms with Gasteiger partial charge in [0.25, 0.3) is 5.91 Å². The van der Waals surface area contributed by atoms with Crippen LogP contribution in [0.3, 0.4) is 0 Å². The third-order valence-electron chi connectivity index (χ3n) is 7.17. The van der Waals surface area contributed by atoms with Gasteiger partial charge in [0.2, 0.25) is 0 Å². The second-order valence-electron chi connectivity index (χ2n) is 10.3. The number of carbonyl (C=O) groups is 2. The minimum atomic E-state index is -4.75. The Balaban J connectivity index is 1.22. The summed E-state index contributed by atoms with van der Waals surface area (Å²) in [5.74, 6) is -0.313. The molecule has 2 bridgehead atoms. The molecule has 42 heavy (non-hydrogen) atoms. The Hall–Kier alpha value is -4.66. The van der Waals surface area contributed by atoms with Crippen molar-refractivity contribution in [1.82, 2.24) is 29.3 Å². The number of nitrogens with zero attached hydrogens (tertiary/aromatic N) is 7. The van der Waals surface area contributed by atoms with E-state index in [1.54, 1.807) is 17.2 Å². The zero-order valence-corrected chi connectivity index (χ0v) is 22.5. The van der Waals surface area contributed by atoms with Crippen molar-refractivity contribution in [2.75, 3.05) is 43.1 Å². The van der Waals surface area contributed by atoms with Crippen LogP contribution in [0.25, 0.3) is 5.65 Å². The van der Waals surface area contributed by atoms with Crippen molar-refractivity contribution in [2.24, 2.45) is 13.0 Å². The van der Waals surface area contributed by atoms with Crippen molar-refractivity contribution in [3.8, 4) is 0 Å². The molecule has 2 unspecified atom stereocenters. The summed E-state index contributed by atoms with van der Waals surface area (Å²) >= 11 is 0. The second-order valence-corrected chi connectivity index (χ2v) is 10.3. The number of halogens is 3. The zero-order chi connectivity index (χ0) is 29.4. The highest BCUT2D eigenvalue weighted by atomic mass is 19.4. The van der Waals surface area contributed by atoms with Crippen molar-refractivity contribution in [2.45, 2.75) is 18.8 Å². The van der Waals surface area contributed by atoms with E-state index in [9.17, 15) is 22.8 Å². The molecule has 2 aliphatic heterocycles. The standard InChI is InChI=1S/C27H27F3N8O4/c1-35-13-21(23(34-35)27(28,29)30)32-25(39)20-9-31-38-8-7-22(33-24(20)38)37-11-18-10-36(12-19(37)16-41-14-18)26(40)42-15-17-5-3-2-4-6-17/h2-9,13,18-19H,10-12,14-16H2,1H3,(H,32,39). The fourth-order valence-electron chi connectivity index (χ4n) is 5.24. The summed E-state index contributed by atoms with van der Waals surface area (Å²) in [6.45, 7) is 2.28. The summed E-state index contributed by atoms with van der Waals surface area (Å²) in [4.78, 5) is 34.5. The number of hydrogen-bond donors (Lipinski definition) is 1. The number of nitrogens with one attached hydrogen (secondary N) is 1. The quantitative estimate of drug-likeness (QED) is 0.380. The fourth-order valence-corrected chi connectivity index (χ4v) is 5.24. The SMILES string of the molecule is Cn1cc(NC(=O)c2cnn3ccc(N4CC5COCC4CN(C(=O)OCc4ccccc4)C5)nc23)c(C(F)(F)F)n1. The van der Waals surface area contributed by atoms with Crippen molar-refractivity contribution >= 4 is 29.2 Å². The Morgan fingerprint density at radius 2 is 1.93 bits per heavy atom. The lowest BCUT2D eigenvalue weighted by Gasteiger charge is -2.31. The summed E-state index contributed by atoms with van der Waals surface area (Å²) in [5, 5.41) is 9.86. The van der Waals surface area contributed by atoms with Crippen LogP contribution in [-0.4, -0.2) is 80.2 Å². The van der Waals surface area contributed by atoms with Crippen LogP contribution in [0.4, 0.5) is 29.5 Å². The van der Waals surface area contributed by atoms with E-state index in [1.165, 1.54) is 17.8 Å². The summed E-state index contributed by atoms with van der Waals surface area (Å²) < 4.78 is 54.0. The largest absolute Gasteiger partial charge is 0.445 e. The van der Waals surface area contributed by atoms with Gasteiger partial charge in [0.05, 0.1) is 31.1 Å². The Morgan fingerprint density at radius 3 is 2.71 bits per heavy atom. The second kappa shape index (κ2) is 11.0. The maximum Gasteiger partial charge on any atom is 0.437 e. The van der Waals surface area contributed by atoms with E-state index in [1.807, 2.05) is 35.2 Å². The van der Waals surface area contributed by atoms with Gasteiger partial charge in [-0.05, 0) is 11.6 Å². The first-order valence-corrected chi connectivity index (χ1v) is 13.2. The van der Waals surface area contributed by atoms with Gasteiger partial charge in [0.1, 0.15) is 18.0 Å². The molecule has 2 fully saturated rings. The number of amides is 2. The lowest BCUT2D eigenvalue weighted by atomic mass is 10.1. The van der Waals surface area contributed by atoms with Gasteiger partial charge in [-0.15, -0.1) is 0 Å². The molecule has 220 valence electrons. The van der Waals surface area contributed by atoms with Gasteiger partial charge in [-0.2, -0.15) is 23.4 Å². The minimum Gasteiger partial charge on any atom is -0.445 e. The first kappa shape index (κ1) is 27.5. The first-order valence-electron chi connectivity index (χ1n) is 13.2. The van der Waals surface area contributed by atoms with Crippen molar-refractivity contribution < 1.29 is 32.2 Å². The molecule has 2 saturated heterocycles. The molecule has 3 aromatic heterocycles. The zero-order valence-electron chi connectivity index (χ0n) is 22.5. The highest BCUT2D eigenvalue weighted by molar-refractivity contribution is 6.08. The molecule has 0 radical (unpaired) electrons. The van der Waals surface area contributed by atoms with E-state index in [-0.39, 0.29) is 29.8 Å². The average molecular weight is 585 g/mol. The maximum atomic E-state index is 13.4. The summed E-state index contributed by atoms with van der Waals surface area (Å²) in [6, 6.07) is 10.9. The number of fused-ring (bicyclic) bond motifs is 4. The van der Waals surface area contributed by atoms with E-state index in [2.05, 4.69) is 20.5 Å². The molecular weight excluding hydrogens is 557 g/mol. The summed E-state index contributed by atoms with van der Waals surface area (Å²) in [7, 11) is 1.33. The summed E-state index contributed by atoms with van der Waals surface area (Å²) in [6.07, 6.45) is -1.20. The first-order chi connectivity index (χ1) is 20.2. The van der Waals surface area contributed by atoms with Crippen LogP contribution < -0.4 is 10.2 Å². The third-order valence-corrected chi connectivity index (χ3v) is 7.17.